The first kappa shape index (κ1) is 11.9. The van der Waals surface area contributed by atoms with Crippen molar-refractivity contribution < 1.29 is 9.15 Å². The van der Waals surface area contributed by atoms with E-state index in [0.29, 0.717) is 12.3 Å². The number of rotatable bonds is 3. The van der Waals surface area contributed by atoms with Crippen LogP contribution in [0.15, 0.2) is 34.9 Å². The molecule has 1 fully saturated rings. The largest absolute Gasteiger partial charge is 0.497 e. The van der Waals surface area contributed by atoms with E-state index in [1.807, 2.05) is 24.3 Å². The quantitative estimate of drug-likeness (QED) is 0.799. The highest BCUT2D eigenvalue weighted by Crippen LogP contribution is 2.59. The molecule has 1 saturated carbocycles. The van der Waals surface area contributed by atoms with Gasteiger partial charge in [-0.2, -0.15) is 0 Å². The second kappa shape index (κ2) is 4.18. The number of aromatic nitrogens is 1. The number of ether oxygens (including phenoxy) is 1. The summed E-state index contributed by atoms with van der Waals surface area (Å²) in [6, 6.07) is 7.53. The molecule has 1 aliphatic rings. The van der Waals surface area contributed by atoms with Gasteiger partial charge in [-0.3, -0.25) is 0 Å². The minimum absolute atomic E-state index is 0.0559. The van der Waals surface area contributed by atoms with Crippen molar-refractivity contribution in [1.82, 2.24) is 4.98 Å². The SMILES string of the molecule is COc1ccc(-c2ncc(C3CC3(Cl)Cl)o2)cc1. The lowest BCUT2D eigenvalue weighted by Gasteiger charge is -2.00. The van der Waals surface area contributed by atoms with Gasteiger partial charge in [0.05, 0.1) is 19.2 Å². The predicted octanol–water partition coefficient (Wildman–Crippen LogP) is 4.01. The lowest BCUT2D eigenvalue weighted by Crippen LogP contribution is -1.86. The summed E-state index contributed by atoms with van der Waals surface area (Å²) < 4.78 is 10.1. The summed E-state index contributed by atoms with van der Waals surface area (Å²) in [5, 5.41) is 0. The molecule has 3 nitrogen and oxygen atoms in total. The number of halogens is 2. The van der Waals surface area contributed by atoms with Gasteiger partial charge in [0.1, 0.15) is 15.8 Å². The fraction of sp³-hybridized carbons (Fsp3) is 0.308. The Morgan fingerprint density at radius 2 is 2.00 bits per heavy atom. The minimum Gasteiger partial charge on any atom is -0.497 e. The Morgan fingerprint density at radius 1 is 1.33 bits per heavy atom. The Morgan fingerprint density at radius 3 is 2.56 bits per heavy atom. The Bertz CT molecular complexity index is 563. The van der Waals surface area contributed by atoms with Crippen LogP contribution in [0, 0.1) is 0 Å². The zero-order valence-electron chi connectivity index (χ0n) is 9.69. The Labute approximate surface area is 115 Å². The van der Waals surface area contributed by atoms with E-state index in [2.05, 4.69) is 4.98 Å². The van der Waals surface area contributed by atoms with E-state index in [1.54, 1.807) is 13.3 Å². The molecule has 1 unspecified atom stereocenters. The van der Waals surface area contributed by atoms with Gasteiger partial charge in [0.2, 0.25) is 5.89 Å². The Kier molecular flexibility index (Phi) is 2.76. The van der Waals surface area contributed by atoms with E-state index < -0.39 is 4.33 Å². The van der Waals surface area contributed by atoms with Gasteiger partial charge in [0.15, 0.2) is 0 Å². The molecule has 0 radical (unpaired) electrons. The third-order valence-electron chi connectivity index (χ3n) is 3.03. The summed E-state index contributed by atoms with van der Waals surface area (Å²) in [6.45, 7) is 0. The topological polar surface area (TPSA) is 35.3 Å². The molecule has 18 heavy (non-hydrogen) atoms. The van der Waals surface area contributed by atoms with Gasteiger partial charge in [0, 0.05) is 5.56 Å². The van der Waals surface area contributed by atoms with E-state index >= 15 is 0 Å². The lowest BCUT2D eigenvalue weighted by molar-refractivity contribution is 0.415. The van der Waals surface area contributed by atoms with Crippen LogP contribution >= 0.6 is 23.2 Å². The molecule has 1 aromatic heterocycles. The second-order valence-corrected chi connectivity index (χ2v) is 5.86. The third kappa shape index (κ3) is 2.08. The van der Waals surface area contributed by atoms with Crippen molar-refractivity contribution in [2.45, 2.75) is 16.7 Å². The number of benzene rings is 1. The predicted molar refractivity (Wildman–Crippen MR) is 70.3 cm³/mol. The zero-order valence-corrected chi connectivity index (χ0v) is 11.2. The lowest BCUT2D eigenvalue weighted by atomic mass is 10.2. The van der Waals surface area contributed by atoms with Crippen molar-refractivity contribution in [2.75, 3.05) is 7.11 Å². The maximum Gasteiger partial charge on any atom is 0.226 e. The monoisotopic (exact) mass is 283 g/mol. The number of alkyl halides is 2. The third-order valence-corrected chi connectivity index (χ3v) is 3.87. The molecule has 0 saturated heterocycles. The average Bonchev–Trinajstić information content (AvgIpc) is 2.80. The molecule has 0 aliphatic heterocycles. The van der Waals surface area contributed by atoms with E-state index in [4.69, 9.17) is 32.4 Å². The normalized spacial score (nSPS) is 20.7. The molecule has 0 amide bonds. The zero-order chi connectivity index (χ0) is 12.8. The number of oxazole rings is 1. The molecule has 94 valence electrons. The van der Waals surface area contributed by atoms with Gasteiger partial charge in [-0.05, 0) is 30.7 Å². The first-order chi connectivity index (χ1) is 8.60. The van der Waals surface area contributed by atoms with Crippen molar-refractivity contribution in [2.24, 2.45) is 0 Å². The van der Waals surface area contributed by atoms with Crippen molar-refractivity contribution in [1.29, 1.82) is 0 Å². The van der Waals surface area contributed by atoms with Gasteiger partial charge < -0.3 is 9.15 Å². The van der Waals surface area contributed by atoms with Crippen LogP contribution in [0.25, 0.3) is 11.5 Å². The second-order valence-electron chi connectivity index (χ2n) is 4.31. The highest BCUT2D eigenvalue weighted by molar-refractivity contribution is 6.51. The molecule has 0 spiro atoms. The van der Waals surface area contributed by atoms with Crippen LogP contribution in [0.4, 0.5) is 0 Å². The summed E-state index contributed by atoms with van der Waals surface area (Å²) in [7, 11) is 1.63. The van der Waals surface area contributed by atoms with Gasteiger partial charge in [-0.25, -0.2) is 4.98 Å². The van der Waals surface area contributed by atoms with E-state index in [-0.39, 0.29) is 5.92 Å². The van der Waals surface area contributed by atoms with E-state index in [9.17, 15) is 0 Å². The number of methoxy groups -OCH3 is 1. The molecular weight excluding hydrogens is 273 g/mol. The fourth-order valence-corrected chi connectivity index (χ4v) is 2.36. The molecule has 1 aliphatic carbocycles. The number of hydrogen-bond donors (Lipinski definition) is 0. The summed E-state index contributed by atoms with van der Waals surface area (Å²) in [5.41, 5.74) is 0.900. The molecule has 1 aromatic carbocycles. The Balaban J connectivity index is 1.84. The summed E-state index contributed by atoms with van der Waals surface area (Å²) in [6.07, 6.45) is 2.41. The first-order valence-corrected chi connectivity index (χ1v) is 6.34. The van der Waals surface area contributed by atoms with Crippen molar-refractivity contribution in [3.63, 3.8) is 0 Å². The van der Waals surface area contributed by atoms with E-state index in [1.165, 1.54) is 0 Å². The molecule has 1 heterocycles. The van der Waals surface area contributed by atoms with Crippen LogP contribution < -0.4 is 4.74 Å². The van der Waals surface area contributed by atoms with Gasteiger partial charge >= 0.3 is 0 Å². The highest BCUT2D eigenvalue weighted by Gasteiger charge is 2.54. The molecule has 0 bridgehead atoms. The smallest absolute Gasteiger partial charge is 0.226 e. The van der Waals surface area contributed by atoms with Crippen LogP contribution in [-0.2, 0) is 0 Å². The molecule has 2 aromatic rings. The van der Waals surface area contributed by atoms with Crippen LogP contribution in [0.3, 0.4) is 0 Å². The molecule has 0 N–H and O–H groups in total. The molecule has 1 atom stereocenters. The van der Waals surface area contributed by atoms with Gasteiger partial charge in [0.25, 0.3) is 0 Å². The first-order valence-electron chi connectivity index (χ1n) is 5.58. The van der Waals surface area contributed by atoms with Crippen molar-refractivity contribution in [3.8, 4) is 17.2 Å². The summed E-state index contributed by atoms with van der Waals surface area (Å²) in [4.78, 5) is 4.24. The van der Waals surface area contributed by atoms with Gasteiger partial charge in [-0.1, -0.05) is 0 Å². The average molecular weight is 284 g/mol. The van der Waals surface area contributed by atoms with Crippen LogP contribution in [-0.4, -0.2) is 16.4 Å². The standard InChI is InChI=1S/C13H11Cl2NO2/c1-17-9-4-2-8(3-5-9)12-16-7-11(18-12)10-6-13(10,14)15/h2-5,7,10H,6H2,1H3. The Hall–Kier alpha value is -1.19. The number of hydrogen-bond acceptors (Lipinski definition) is 3. The highest BCUT2D eigenvalue weighted by atomic mass is 35.5. The summed E-state index contributed by atoms with van der Waals surface area (Å²) in [5.74, 6) is 2.17. The van der Waals surface area contributed by atoms with Crippen molar-refractivity contribution >= 4 is 23.2 Å². The van der Waals surface area contributed by atoms with Crippen molar-refractivity contribution in [3.05, 3.63) is 36.2 Å². The maximum absolute atomic E-state index is 6.00. The minimum atomic E-state index is -0.684. The molecular formula is C13H11Cl2NO2. The van der Waals surface area contributed by atoms with Crippen LogP contribution in [0.1, 0.15) is 18.1 Å². The van der Waals surface area contributed by atoms with Crippen LogP contribution in [0.2, 0.25) is 0 Å². The summed E-state index contributed by atoms with van der Waals surface area (Å²) >= 11 is 12.0. The van der Waals surface area contributed by atoms with E-state index in [0.717, 1.165) is 17.1 Å². The molecule has 3 rings (SSSR count). The van der Waals surface area contributed by atoms with Crippen LogP contribution in [0.5, 0.6) is 5.75 Å². The fourth-order valence-electron chi connectivity index (χ4n) is 1.84. The van der Waals surface area contributed by atoms with Gasteiger partial charge in [-0.15, -0.1) is 23.2 Å². The molecule has 5 heteroatoms. The number of nitrogens with zero attached hydrogens (tertiary/aromatic N) is 1. The maximum atomic E-state index is 6.00.